The molecule has 0 bridgehead atoms. The van der Waals surface area contributed by atoms with Crippen LogP contribution < -0.4 is 11.1 Å². The molecule has 1 aliphatic heterocycles. The SMILES string of the molecule is [N-]=[N+]=N[C@H](C(=O)Nc1cccc(F)c1CCC(N)CO)[C@@H](c1ccc(Cl)cc1)C1CCOCC1. The van der Waals surface area contributed by atoms with Crippen molar-refractivity contribution in [3.05, 3.63) is 74.9 Å². The van der Waals surface area contributed by atoms with Crippen molar-refractivity contribution in [1.82, 2.24) is 0 Å². The number of benzene rings is 2. The highest BCUT2D eigenvalue weighted by Gasteiger charge is 2.36. The van der Waals surface area contributed by atoms with Crippen LogP contribution in [0.3, 0.4) is 0 Å². The molecule has 1 saturated heterocycles. The highest BCUT2D eigenvalue weighted by Crippen LogP contribution is 2.37. The molecule has 1 aliphatic rings. The molecule has 0 aliphatic carbocycles. The summed E-state index contributed by atoms with van der Waals surface area (Å²) < 4.78 is 20.1. The van der Waals surface area contributed by atoms with Gasteiger partial charge in [-0.25, -0.2) is 4.39 Å². The summed E-state index contributed by atoms with van der Waals surface area (Å²) >= 11 is 6.07. The Balaban J connectivity index is 1.92. The Hall–Kier alpha value is -2.68. The van der Waals surface area contributed by atoms with E-state index in [9.17, 15) is 19.8 Å². The molecular weight excluding hydrogens is 461 g/mol. The standard InChI is InChI=1S/C24H29ClFN5O3/c25-17-6-4-15(5-7-17)22(16-10-12-34-13-11-16)23(30-31-28)24(33)29-21-3-1-2-20(26)19(21)9-8-18(27)14-32/h1-7,16,18,22-23,32H,8-14,27H2,(H,29,33)/t18?,22-,23-/m0/s1. The number of carbonyl (C=O) groups excluding carboxylic acids is 1. The van der Waals surface area contributed by atoms with E-state index in [0.29, 0.717) is 37.5 Å². The summed E-state index contributed by atoms with van der Waals surface area (Å²) in [7, 11) is 0. The molecule has 2 aromatic carbocycles. The third-order valence-corrected chi connectivity index (χ3v) is 6.44. The molecule has 3 rings (SSSR count). The van der Waals surface area contributed by atoms with Crippen molar-refractivity contribution < 1.29 is 19.0 Å². The van der Waals surface area contributed by atoms with Gasteiger partial charge in [-0.15, -0.1) is 0 Å². The fourth-order valence-electron chi connectivity index (χ4n) is 4.37. The van der Waals surface area contributed by atoms with Crippen LogP contribution in [0, 0.1) is 11.7 Å². The number of hydrogen-bond acceptors (Lipinski definition) is 5. The van der Waals surface area contributed by atoms with Crippen molar-refractivity contribution in [3.8, 4) is 0 Å². The minimum Gasteiger partial charge on any atom is -0.395 e. The van der Waals surface area contributed by atoms with Crippen LogP contribution >= 0.6 is 11.6 Å². The number of nitrogens with zero attached hydrogens (tertiary/aromatic N) is 3. The first-order chi connectivity index (χ1) is 16.4. The quantitative estimate of drug-likeness (QED) is 0.256. The molecule has 182 valence electrons. The van der Waals surface area contributed by atoms with Gasteiger partial charge in [0, 0.05) is 46.4 Å². The molecular formula is C24H29ClFN5O3. The Morgan fingerprint density at radius 3 is 2.65 bits per heavy atom. The number of amides is 1. The number of halogens is 2. The largest absolute Gasteiger partial charge is 0.395 e. The number of rotatable bonds is 10. The summed E-state index contributed by atoms with van der Waals surface area (Å²) in [5.74, 6) is -1.37. The number of aliphatic hydroxyl groups is 1. The molecule has 8 nitrogen and oxygen atoms in total. The molecule has 34 heavy (non-hydrogen) atoms. The summed E-state index contributed by atoms with van der Waals surface area (Å²) in [6, 6.07) is 9.98. The zero-order chi connectivity index (χ0) is 24.5. The Morgan fingerprint density at radius 1 is 1.29 bits per heavy atom. The van der Waals surface area contributed by atoms with E-state index >= 15 is 0 Å². The number of azide groups is 1. The highest BCUT2D eigenvalue weighted by atomic mass is 35.5. The predicted octanol–water partition coefficient (Wildman–Crippen LogP) is 4.56. The number of carbonyl (C=O) groups is 1. The van der Waals surface area contributed by atoms with Gasteiger partial charge in [0.05, 0.1) is 6.61 Å². The van der Waals surface area contributed by atoms with E-state index in [2.05, 4.69) is 15.3 Å². The molecule has 1 unspecified atom stereocenters. The monoisotopic (exact) mass is 489 g/mol. The minimum absolute atomic E-state index is 0.0470. The van der Waals surface area contributed by atoms with Crippen LogP contribution in [0.5, 0.6) is 0 Å². The van der Waals surface area contributed by atoms with E-state index in [-0.39, 0.29) is 30.2 Å². The maximum absolute atomic E-state index is 14.6. The average molecular weight is 490 g/mol. The van der Waals surface area contributed by atoms with Gasteiger partial charge in [-0.1, -0.05) is 34.9 Å². The molecule has 1 fully saturated rings. The van der Waals surface area contributed by atoms with E-state index in [0.717, 1.165) is 5.56 Å². The summed E-state index contributed by atoms with van der Waals surface area (Å²) in [6.07, 6.45) is 2.00. The number of aliphatic hydroxyl groups excluding tert-OH is 1. The van der Waals surface area contributed by atoms with Crippen molar-refractivity contribution in [3.63, 3.8) is 0 Å². The topological polar surface area (TPSA) is 133 Å². The lowest BCUT2D eigenvalue weighted by Gasteiger charge is -2.34. The Morgan fingerprint density at radius 2 is 2.00 bits per heavy atom. The molecule has 0 radical (unpaired) electrons. The lowest BCUT2D eigenvalue weighted by molar-refractivity contribution is -0.118. The van der Waals surface area contributed by atoms with E-state index in [4.69, 9.17) is 22.1 Å². The van der Waals surface area contributed by atoms with Crippen LogP contribution in [0.1, 0.15) is 36.3 Å². The fraction of sp³-hybridized carbons (Fsp3) is 0.458. The van der Waals surface area contributed by atoms with Crippen molar-refractivity contribution in [2.24, 2.45) is 16.8 Å². The van der Waals surface area contributed by atoms with Crippen LogP contribution in [0.15, 0.2) is 47.6 Å². The smallest absolute Gasteiger partial charge is 0.234 e. The van der Waals surface area contributed by atoms with Gasteiger partial charge in [0.2, 0.25) is 5.91 Å². The van der Waals surface area contributed by atoms with Gasteiger partial charge in [-0.2, -0.15) is 0 Å². The predicted molar refractivity (Wildman–Crippen MR) is 129 cm³/mol. The first-order valence-electron chi connectivity index (χ1n) is 11.3. The number of hydrogen-bond donors (Lipinski definition) is 3. The molecule has 1 heterocycles. The number of anilines is 1. The lowest BCUT2D eigenvalue weighted by Crippen LogP contribution is -2.37. The zero-order valence-electron chi connectivity index (χ0n) is 18.7. The fourth-order valence-corrected chi connectivity index (χ4v) is 4.50. The van der Waals surface area contributed by atoms with Gasteiger partial charge in [-0.3, -0.25) is 4.79 Å². The van der Waals surface area contributed by atoms with E-state index in [1.165, 1.54) is 12.1 Å². The Bertz CT molecular complexity index is 1010. The molecule has 10 heteroatoms. The van der Waals surface area contributed by atoms with Gasteiger partial charge in [0.15, 0.2) is 0 Å². The van der Waals surface area contributed by atoms with Crippen molar-refractivity contribution >= 4 is 23.2 Å². The third-order valence-electron chi connectivity index (χ3n) is 6.19. The highest BCUT2D eigenvalue weighted by molar-refractivity contribution is 6.30. The van der Waals surface area contributed by atoms with Gasteiger partial charge < -0.3 is 20.9 Å². The van der Waals surface area contributed by atoms with Crippen LogP contribution in [0.2, 0.25) is 5.02 Å². The Kier molecular flexibility index (Phi) is 9.68. The number of nitrogens with two attached hydrogens (primary N) is 1. The zero-order valence-corrected chi connectivity index (χ0v) is 19.5. The molecule has 2 aromatic rings. The summed E-state index contributed by atoms with van der Waals surface area (Å²) in [4.78, 5) is 16.4. The molecule has 3 atom stereocenters. The average Bonchev–Trinajstić information content (AvgIpc) is 2.85. The van der Waals surface area contributed by atoms with Gasteiger partial charge in [0.1, 0.15) is 11.9 Å². The molecule has 0 aromatic heterocycles. The van der Waals surface area contributed by atoms with Crippen LogP contribution in [0.4, 0.5) is 10.1 Å². The third kappa shape index (κ3) is 6.68. The van der Waals surface area contributed by atoms with E-state index in [1.807, 2.05) is 12.1 Å². The molecule has 4 N–H and O–H groups in total. The van der Waals surface area contributed by atoms with Crippen LogP contribution in [0.25, 0.3) is 10.4 Å². The van der Waals surface area contributed by atoms with Crippen molar-refractivity contribution in [2.75, 3.05) is 25.1 Å². The second-order valence-electron chi connectivity index (χ2n) is 8.41. The van der Waals surface area contributed by atoms with E-state index in [1.54, 1.807) is 18.2 Å². The first kappa shape index (κ1) is 25.9. The van der Waals surface area contributed by atoms with Crippen LogP contribution in [-0.2, 0) is 16.0 Å². The number of nitrogens with one attached hydrogen (secondary N) is 1. The minimum atomic E-state index is -1.06. The first-order valence-corrected chi connectivity index (χ1v) is 11.6. The molecule has 0 saturated carbocycles. The summed E-state index contributed by atoms with van der Waals surface area (Å²) in [5, 5.41) is 16.4. The second-order valence-corrected chi connectivity index (χ2v) is 8.85. The Labute approximate surface area is 202 Å². The van der Waals surface area contributed by atoms with Gasteiger partial charge in [-0.05, 0) is 67.0 Å². The second kappa shape index (κ2) is 12.7. The summed E-state index contributed by atoms with van der Waals surface area (Å²) in [5.41, 5.74) is 16.5. The molecule has 0 spiro atoms. The lowest BCUT2D eigenvalue weighted by atomic mass is 9.76. The van der Waals surface area contributed by atoms with Gasteiger partial charge in [0.25, 0.3) is 0 Å². The maximum Gasteiger partial charge on any atom is 0.234 e. The van der Waals surface area contributed by atoms with Crippen molar-refractivity contribution in [1.29, 1.82) is 0 Å². The number of ether oxygens (including phenoxy) is 1. The summed E-state index contributed by atoms with van der Waals surface area (Å²) in [6.45, 7) is 0.889. The normalized spacial score (nSPS) is 16.8. The maximum atomic E-state index is 14.6. The van der Waals surface area contributed by atoms with Crippen LogP contribution in [-0.4, -0.2) is 42.9 Å². The van der Waals surface area contributed by atoms with E-state index < -0.39 is 29.7 Å². The molecule has 1 amide bonds. The van der Waals surface area contributed by atoms with Gasteiger partial charge >= 0.3 is 0 Å². The van der Waals surface area contributed by atoms with Crippen molar-refractivity contribution in [2.45, 2.75) is 43.7 Å².